The van der Waals surface area contributed by atoms with Crippen LogP contribution in [0.5, 0.6) is 0 Å². The van der Waals surface area contributed by atoms with Crippen molar-refractivity contribution in [3.63, 3.8) is 0 Å². The number of nitrogens with one attached hydrogen (secondary N) is 2. The van der Waals surface area contributed by atoms with E-state index < -0.39 is 0 Å². The van der Waals surface area contributed by atoms with Crippen LogP contribution in [0.4, 0.5) is 16.0 Å². The molecule has 0 radical (unpaired) electrons. The molecule has 1 aliphatic carbocycles. The lowest BCUT2D eigenvalue weighted by Gasteiger charge is -2.29. The van der Waals surface area contributed by atoms with Crippen molar-refractivity contribution in [1.82, 2.24) is 15.3 Å². The molecule has 1 saturated carbocycles. The standard InChI is InChI=1S/C22H30FN5O/c1-14-5-8-17(11-19(14)23)22(29)24-13-16-6-9-18(10-7-16)27-20-12-21(28(3)4)26-15(2)25-20/h5,8,11-12,16,18H,6-7,9-10,13H2,1-4H3,(H,24,29)(H,25,26,27). The molecular weight excluding hydrogens is 369 g/mol. The molecule has 0 atom stereocenters. The normalized spacial score (nSPS) is 18.9. The number of carbonyl (C=O) groups excluding carboxylic acids is 1. The summed E-state index contributed by atoms with van der Waals surface area (Å²) in [6.07, 6.45) is 4.12. The third kappa shape index (κ3) is 5.65. The monoisotopic (exact) mass is 399 g/mol. The van der Waals surface area contributed by atoms with Crippen molar-refractivity contribution in [1.29, 1.82) is 0 Å². The van der Waals surface area contributed by atoms with Crippen LogP contribution in [0, 0.1) is 25.6 Å². The quantitative estimate of drug-likeness (QED) is 0.775. The zero-order valence-electron chi connectivity index (χ0n) is 17.6. The molecule has 0 bridgehead atoms. The van der Waals surface area contributed by atoms with Crippen LogP contribution in [0.25, 0.3) is 0 Å². The van der Waals surface area contributed by atoms with Gasteiger partial charge in [0.2, 0.25) is 0 Å². The molecule has 156 valence electrons. The summed E-state index contributed by atoms with van der Waals surface area (Å²) in [6.45, 7) is 4.21. The molecule has 0 unspecified atom stereocenters. The highest BCUT2D eigenvalue weighted by Gasteiger charge is 2.22. The Morgan fingerprint density at radius 2 is 1.86 bits per heavy atom. The van der Waals surface area contributed by atoms with Crippen LogP contribution < -0.4 is 15.5 Å². The maximum Gasteiger partial charge on any atom is 0.251 e. The van der Waals surface area contributed by atoms with Gasteiger partial charge in [-0.15, -0.1) is 0 Å². The highest BCUT2D eigenvalue weighted by atomic mass is 19.1. The number of aromatic nitrogens is 2. The van der Waals surface area contributed by atoms with Crippen molar-refractivity contribution in [2.24, 2.45) is 5.92 Å². The Balaban J connectivity index is 1.47. The molecule has 1 fully saturated rings. The second-order valence-corrected chi connectivity index (χ2v) is 8.09. The van der Waals surface area contributed by atoms with Crippen LogP contribution in [-0.2, 0) is 0 Å². The van der Waals surface area contributed by atoms with Gasteiger partial charge in [0.1, 0.15) is 23.3 Å². The Morgan fingerprint density at radius 3 is 2.52 bits per heavy atom. The van der Waals surface area contributed by atoms with E-state index in [9.17, 15) is 9.18 Å². The predicted octanol–water partition coefficient (Wildman–Crippen LogP) is 3.70. The van der Waals surface area contributed by atoms with E-state index >= 15 is 0 Å². The zero-order chi connectivity index (χ0) is 21.0. The summed E-state index contributed by atoms with van der Waals surface area (Å²) in [4.78, 5) is 23.2. The third-order valence-corrected chi connectivity index (χ3v) is 5.47. The first-order valence-electron chi connectivity index (χ1n) is 10.2. The molecule has 1 amide bonds. The summed E-state index contributed by atoms with van der Waals surface area (Å²) in [6, 6.07) is 6.95. The molecule has 0 aliphatic heterocycles. The number of benzene rings is 1. The first kappa shape index (κ1) is 21.0. The molecule has 7 heteroatoms. The largest absolute Gasteiger partial charge is 0.367 e. The molecule has 1 aliphatic rings. The number of hydrogen-bond acceptors (Lipinski definition) is 5. The van der Waals surface area contributed by atoms with Gasteiger partial charge < -0.3 is 15.5 Å². The average molecular weight is 400 g/mol. The Labute approximate surface area is 171 Å². The Hall–Kier alpha value is -2.70. The lowest BCUT2D eigenvalue weighted by molar-refractivity contribution is 0.0943. The molecule has 0 spiro atoms. The van der Waals surface area contributed by atoms with Crippen molar-refractivity contribution < 1.29 is 9.18 Å². The minimum atomic E-state index is -0.346. The minimum Gasteiger partial charge on any atom is -0.367 e. The highest BCUT2D eigenvalue weighted by Crippen LogP contribution is 2.26. The maximum absolute atomic E-state index is 13.7. The van der Waals surface area contributed by atoms with Crippen molar-refractivity contribution in [2.45, 2.75) is 45.6 Å². The summed E-state index contributed by atoms with van der Waals surface area (Å²) in [5, 5.41) is 6.49. The van der Waals surface area contributed by atoms with E-state index in [1.165, 1.54) is 6.07 Å². The lowest BCUT2D eigenvalue weighted by atomic mass is 9.86. The van der Waals surface area contributed by atoms with E-state index in [-0.39, 0.29) is 11.7 Å². The number of rotatable bonds is 6. The first-order valence-corrected chi connectivity index (χ1v) is 10.2. The number of amides is 1. The molecule has 0 saturated heterocycles. The maximum atomic E-state index is 13.7. The predicted molar refractivity (Wildman–Crippen MR) is 114 cm³/mol. The van der Waals surface area contributed by atoms with Gasteiger partial charge in [0.05, 0.1) is 0 Å². The van der Waals surface area contributed by atoms with Crippen LogP contribution in [0.15, 0.2) is 24.3 Å². The Bertz CT molecular complexity index is 862. The van der Waals surface area contributed by atoms with Gasteiger partial charge in [-0.2, -0.15) is 0 Å². The summed E-state index contributed by atoms with van der Waals surface area (Å²) in [5.74, 6) is 2.39. The fourth-order valence-corrected chi connectivity index (χ4v) is 3.65. The average Bonchev–Trinajstić information content (AvgIpc) is 2.69. The fraction of sp³-hybridized carbons (Fsp3) is 0.500. The minimum absolute atomic E-state index is 0.211. The van der Waals surface area contributed by atoms with E-state index in [1.54, 1.807) is 19.1 Å². The molecule has 1 aromatic heterocycles. The highest BCUT2D eigenvalue weighted by molar-refractivity contribution is 5.94. The van der Waals surface area contributed by atoms with Crippen LogP contribution >= 0.6 is 0 Å². The molecule has 6 nitrogen and oxygen atoms in total. The topological polar surface area (TPSA) is 70.2 Å². The van der Waals surface area contributed by atoms with E-state index in [2.05, 4.69) is 20.6 Å². The number of nitrogens with zero attached hydrogens (tertiary/aromatic N) is 3. The summed E-state index contributed by atoms with van der Waals surface area (Å²) >= 11 is 0. The van der Waals surface area contributed by atoms with Crippen LogP contribution in [0.1, 0.15) is 47.4 Å². The van der Waals surface area contributed by atoms with Crippen LogP contribution in [0.2, 0.25) is 0 Å². The van der Waals surface area contributed by atoms with Gasteiger partial charge in [0.15, 0.2) is 0 Å². The van der Waals surface area contributed by atoms with Gasteiger partial charge in [0.25, 0.3) is 5.91 Å². The Morgan fingerprint density at radius 1 is 1.14 bits per heavy atom. The van der Waals surface area contributed by atoms with Gasteiger partial charge in [-0.25, -0.2) is 14.4 Å². The van der Waals surface area contributed by atoms with Crippen molar-refractivity contribution in [2.75, 3.05) is 30.9 Å². The molecule has 3 rings (SSSR count). The molecule has 1 aromatic carbocycles. The van der Waals surface area contributed by atoms with E-state index in [0.29, 0.717) is 29.6 Å². The lowest BCUT2D eigenvalue weighted by Crippen LogP contribution is -2.34. The van der Waals surface area contributed by atoms with Crippen LogP contribution in [0.3, 0.4) is 0 Å². The number of halogens is 1. The SMILES string of the molecule is Cc1nc(NC2CCC(CNC(=O)c3ccc(C)c(F)c3)CC2)cc(N(C)C)n1. The number of hydrogen-bond donors (Lipinski definition) is 2. The number of carbonyl (C=O) groups is 1. The van der Waals surface area contributed by atoms with Gasteiger partial charge in [-0.05, 0) is 63.1 Å². The molecule has 1 heterocycles. The summed E-state index contributed by atoms with van der Waals surface area (Å²) in [7, 11) is 3.94. The molecule has 2 N–H and O–H groups in total. The van der Waals surface area contributed by atoms with Crippen molar-refractivity contribution >= 4 is 17.5 Å². The van der Waals surface area contributed by atoms with Gasteiger partial charge in [-0.1, -0.05) is 6.07 Å². The zero-order valence-corrected chi connectivity index (χ0v) is 17.6. The number of aryl methyl sites for hydroxylation is 2. The second kappa shape index (κ2) is 9.20. The second-order valence-electron chi connectivity index (χ2n) is 8.09. The molecule has 29 heavy (non-hydrogen) atoms. The Kier molecular flexibility index (Phi) is 6.67. The summed E-state index contributed by atoms with van der Waals surface area (Å²) in [5.41, 5.74) is 0.920. The van der Waals surface area contributed by atoms with Gasteiger partial charge in [-0.3, -0.25) is 4.79 Å². The molecular formula is C22H30FN5O. The van der Waals surface area contributed by atoms with Gasteiger partial charge >= 0.3 is 0 Å². The molecule has 2 aromatic rings. The van der Waals surface area contributed by atoms with E-state index in [4.69, 9.17) is 0 Å². The third-order valence-electron chi connectivity index (χ3n) is 5.47. The van der Waals surface area contributed by atoms with E-state index in [1.807, 2.05) is 32.0 Å². The fourth-order valence-electron chi connectivity index (χ4n) is 3.65. The first-order chi connectivity index (χ1) is 13.8. The number of anilines is 2. The van der Waals surface area contributed by atoms with Crippen molar-refractivity contribution in [3.8, 4) is 0 Å². The smallest absolute Gasteiger partial charge is 0.251 e. The van der Waals surface area contributed by atoms with Crippen molar-refractivity contribution in [3.05, 3.63) is 47.0 Å². The van der Waals surface area contributed by atoms with Gasteiger partial charge in [0, 0.05) is 38.3 Å². The summed E-state index contributed by atoms with van der Waals surface area (Å²) < 4.78 is 13.7. The van der Waals surface area contributed by atoms with Crippen LogP contribution in [-0.4, -0.2) is 42.6 Å². The van der Waals surface area contributed by atoms with E-state index in [0.717, 1.165) is 43.1 Å².